The van der Waals surface area contributed by atoms with Crippen molar-refractivity contribution >= 4 is 11.5 Å². The Morgan fingerprint density at radius 3 is 2.81 bits per heavy atom. The van der Waals surface area contributed by atoms with Crippen LogP contribution in [0.2, 0.25) is 0 Å². The molecule has 1 aliphatic rings. The number of nitrogens with zero attached hydrogens (tertiary/aromatic N) is 3. The number of hydrogen-bond donors (Lipinski definition) is 0. The van der Waals surface area contributed by atoms with E-state index in [0.717, 1.165) is 36.5 Å². The molecule has 0 aliphatic carbocycles. The number of aromatic nitrogens is 1. The minimum atomic E-state index is 0.692. The summed E-state index contributed by atoms with van der Waals surface area (Å²) < 4.78 is 0. The minimum absolute atomic E-state index is 0.692. The number of rotatable bonds is 1. The van der Waals surface area contributed by atoms with Gasteiger partial charge in [0.1, 0.15) is 6.07 Å². The Labute approximate surface area is 125 Å². The summed E-state index contributed by atoms with van der Waals surface area (Å²) in [7, 11) is 0. The smallest absolute Gasteiger partial charge is 0.151 e. The first-order chi connectivity index (χ1) is 10.2. The molecule has 3 heteroatoms. The molecule has 1 aliphatic heterocycles. The molecule has 3 rings (SSSR count). The van der Waals surface area contributed by atoms with Crippen molar-refractivity contribution in [2.75, 3.05) is 11.4 Å². The van der Waals surface area contributed by atoms with Crippen LogP contribution in [0, 0.1) is 25.2 Å². The summed E-state index contributed by atoms with van der Waals surface area (Å²) in [5.74, 6) is 0.810. The molecule has 106 valence electrons. The lowest BCUT2D eigenvalue weighted by molar-refractivity contribution is 0.756. The molecule has 0 saturated carbocycles. The van der Waals surface area contributed by atoms with Gasteiger partial charge in [-0.05, 0) is 56.4 Å². The Kier molecular flexibility index (Phi) is 3.62. The Hall–Kier alpha value is -2.34. The van der Waals surface area contributed by atoms with Gasteiger partial charge in [0.15, 0.2) is 5.82 Å². The summed E-state index contributed by atoms with van der Waals surface area (Å²) in [6, 6.07) is 12.8. The normalized spacial score (nSPS) is 14.2. The second kappa shape index (κ2) is 5.57. The van der Waals surface area contributed by atoms with E-state index in [9.17, 15) is 5.26 Å². The van der Waals surface area contributed by atoms with Crippen LogP contribution in [-0.2, 0) is 6.42 Å². The third kappa shape index (κ3) is 2.50. The molecule has 1 aromatic carbocycles. The molecule has 21 heavy (non-hydrogen) atoms. The number of anilines is 2. The van der Waals surface area contributed by atoms with Crippen molar-refractivity contribution in [2.24, 2.45) is 0 Å². The van der Waals surface area contributed by atoms with Gasteiger partial charge in [0.25, 0.3) is 0 Å². The van der Waals surface area contributed by atoms with Crippen LogP contribution in [0.25, 0.3) is 0 Å². The zero-order valence-corrected chi connectivity index (χ0v) is 12.6. The Bertz CT molecular complexity index is 713. The van der Waals surface area contributed by atoms with Crippen molar-refractivity contribution < 1.29 is 0 Å². The lowest BCUT2D eigenvalue weighted by Crippen LogP contribution is -2.21. The van der Waals surface area contributed by atoms with Gasteiger partial charge in [-0.3, -0.25) is 0 Å². The zero-order chi connectivity index (χ0) is 14.8. The largest absolute Gasteiger partial charge is 0.325 e. The lowest BCUT2D eigenvalue weighted by Gasteiger charge is -2.25. The molecule has 0 bridgehead atoms. The fourth-order valence-electron chi connectivity index (χ4n) is 3.06. The van der Waals surface area contributed by atoms with E-state index in [0.29, 0.717) is 5.56 Å². The van der Waals surface area contributed by atoms with Gasteiger partial charge in [0, 0.05) is 17.9 Å². The topological polar surface area (TPSA) is 39.9 Å². The fourth-order valence-corrected chi connectivity index (χ4v) is 3.06. The standard InChI is InChI=1S/C18H19N3/c1-13-11-14(2)20-18(16(13)12-19)21-10-6-5-8-15-7-3-4-9-17(15)21/h3-4,7,9,11H,5-6,8,10H2,1-2H3. The SMILES string of the molecule is Cc1cc(C)c(C#N)c(N2CCCCc3ccccc32)n1. The van der Waals surface area contributed by atoms with Crippen LogP contribution in [0.4, 0.5) is 11.5 Å². The lowest BCUT2D eigenvalue weighted by atomic mass is 10.1. The molecule has 0 spiro atoms. The number of hydrogen-bond acceptors (Lipinski definition) is 3. The zero-order valence-electron chi connectivity index (χ0n) is 12.6. The summed E-state index contributed by atoms with van der Waals surface area (Å²) >= 11 is 0. The van der Waals surface area contributed by atoms with E-state index in [-0.39, 0.29) is 0 Å². The van der Waals surface area contributed by atoms with Crippen LogP contribution < -0.4 is 4.90 Å². The Morgan fingerprint density at radius 2 is 2.00 bits per heavy atom. The maximum Gasteiger partial charge on any atom is 0.151 e. The van der Waals surface area contributed by atoms with Crippen molar-refractivity contribution in [1.82, 2.24) is 4.98 Å². The molecule has 2 aromatic rings. The second-order valence-electron chi connectivity index (χ2n) is 5.63. The van der Waals surface area contributed by atoms with Crippen molar-refractivity contribution in [3.63, 3.8) is 0 Å². The quantitative estimate of drug-likeness (QED) is 0.789. The van der Waals surface area contributed by atoms with Gasteiger partial charge in [-0.15, -0.1) is 0 Å². The van der Waals surface area contributed by atoms with Crippen molar-refractivity contribution in [2.45, 2.75) is 33.1 Å². The van der Waals surface area contributed by atoms with E-state index in [2.05, 4.69) is 40.2 Å². The number of nitriles is 1. The summed E-state index contributed by atoms with van der Waals surface area (Å²) in [4.78, 5) is 6.90. The van der Waals surface area contributed by atoms with Crippen LogP contribution in [0.3, 0.4) is 0 Å². The minimum Gasteiger partial charge on any atom is -0.325 e. The molecule has 3 nitrogen and oxygen atoms in total. The molecule has 0 fully saturated rings. The molecule has 0 unspecified atom stereocenters. The van der Waals surface area contributed by atoms with E-state index >= 15 is 0 Å². The van der Waals surface area contributed by atoms with E-state index < -0.39 is 0 Å². The highest BCUT2D eigenvalue weighted by Gasteiger charge is 2.21. The summed E-state index contributed by atoms with van der Waals surface area (Å²) in [5, 5.41) is 9.52. The third-order valence-electron chi connectivity index (χ3n) is 4.05. The average Bonchev–Trinajstić information content (AvgIpc) is 2.68. The monoisotopic (exact) mass is 277 g/mol. The van der Waals surface area contributed by atoms with Gasteiger partial charge in [-0.25, -0.2) is 4.98 Å². The van der Waals surface area contributed by atoms with Crippen LogP contribution in [0.15, 0.2) is 30.3 Å². The highest BCUT2D eigenvalue weighted by atomic mass is 15.2. The highest BCUT2D eigenvalue weighted by Crippen LogP contribution is 2.34. The highest BCUT2D eigenvalue weighted by molar-refractivity contribution is 5.70. The van der Waals surface area contributed by atoms with Gasteiger partial charge in [0.2, 0.25) is 0 Å². The number of para-hydroxylation sites is 1. The summed E-state index contributed by atoms with van der Waals surface area (Å²) in [5.41, 5.74) is 5.20. The van der Waals surface area contributed by atoms with Crippen molar-refractivity contribution in [3.8, 4) is 6.07 Å². The first-order valence-electron chi connectivity index (χ1n) is 7.44. The number of benzene rings is 1. The summed E-state index contributed by atoms with van der Waals surface area (Å²) in [6.45, 7) is 4.89. The van der Waals surface area contributed by atoms with E-state index in [4.69, 9.17) is 0 Å². The van der Waals surface area contributed by atoms with Crippen molar-refractivity contribution in [1.29, 1.82) is 5.26 Å². The van der Waals surface area contributed by atoms with Gasteiger partial charge in [-0.2, -0.15) is 5.26 Å². The van der Waals surface area contributed by atoms with Crippen LogP contribution >= 0.6 is 0 Å². The molecule has 1 aromatic heterocycles. The second-order valence-corrected chi connectivity index (χ2v) is 5.63. The first kappa shape index (κ1) is 13.6. The summed E-state index contributed by atoms with van der Waals surface area (Å²) in [6.07, 6.45) is 3.40. The van der Waals surface area contributed by atoms with Crippen LogP contribution in [0.5, 0.6) is 0 Å². The third-order valence-corrected chi connectivity index (χ3v) is 4.05. The molecular formula is C18H19N3. The predicted molar refractivity (Wildman–Crippen MR) is 84.8 cm³/mol. The maximum atomic E-state index is 9.52. The van der Waals surface area contributed by atoms with E-state index in [1.54, 1.807) is 0 Å². The van der Waals surface area contributed by atoms with Gasteiger partial charge < -0.3 is 4.90 Å². The Balaban J connectivity index is 2.19. The average molecular weight is 277 g/mol. The fraction of sp³-hybridized carbons (Fsp3) is 0.333. The molecule has 0 amide bonds. The van der Waals surface area contributed by atoms with Crippen LogP contribution in [0.1, 0.15) is 35.2 Å². The predicted octanol–water partition coefficient (Wildman–Crippen LogP) is 4.04. The molecule has 0 atom stereocenters. The maximum absolute atomic E-state index is 9.52. The molecular weight excluding hydrogens is 258 g/mol. The molecule has 0 saturated heterocycles. The van der Waals surface area contributed by atoms with Crippen molar-refractivity contribution in [3.05, 3.63) is 52.7 Å². The van der Waals surface area contributed by atoms with Gasteiger partial charge in [-0.1, -0.05) is 18.2 Å². The van der Waals surface area contributed by atoms with Crippen LogP contribution in [-0.4, -0.2) is 11.5 Å². The number of fused-ring (bicyclic) bond motifs is 1. The molecule has 2 heterocycles. The van der Waals surface area contributed by atoms with Gasteiger partial charge >= 0.3 is 0 Å². The number of aryl methyl sites for hydroxylation is 3. The van der Waals surface area contributed by atoms with E-state index in [1.165, 1.54) is 17.7 Å². The molecule has 0 N–H and O–H groups in total. The Morgan fingerprint density at radius 1 is 1.19 bits per heavy atom. The first-order valence-corrected chi connectivity index (χ1v) is 7.44. The van der Waals surface area contributed by atoms with E-state index in [1.807, 2.05) is 19.9 Å². The molecule has 0 radical (unpaired) electrons. The van der Waals surface area contributed by atoms with Gasteiger partial charge in [0.05, 0.1) is 5.56 Å². The number of pyridine rings is 1.